The van der Waals surface area contributed by atoms with E-state index in [-0.39, 0.29) is 35.6 Å². The fourth-order valence-electron chi connectivity index (χ4n) is 6.59. The summed E-state index contributed by atoms with van der Waals surface area (Å²) in [6.45, 7) is 15.8. The first-order valence-corrected chi connectivity index (χ1v) is 23.1. The molecule has 0 nitrogen and oxygen atoms in total. The SMILES string of the molecule is CC(C)(C)c1ccc2c(c1)[cH-]c1cc(C(C)(C)C)ccc12.Cc1cc2c(-c3ccccc3)cccc2[cH-]1.[Cl-].[Cl-].[Zr+2]=[Si](c1ccccc1)c1ccccc1. The Morgan fingerprint density at radius 3 is 1.36 bits per heavy atom. The van der Waals surface area contributed by atoms with Crippen molar-refractivity contribution in [2.24, 2.45) is 0 Å². The van der Waals surface area contributed by atoms with Crippen molar-refractivity contribution >= 4 is 48.1 Å². The van der Waals surface area contributed by atoms with Gasteiger partial charge in [0, 0.05) is 0 Å². The summed E-state index contributed by atoms with van der Waals surface area (Å²) >= 11 is 1.64. The molecule has 0 aliphatic rings. The molecule has 0 aliphatic heterocycles. The maximum atomic E-state index is 2.35. The van der Waals surface area contributed by atoms with Crippen molar-refractivity contribution in [3.63, 3.8) is 0 Å². The van der Waals surface area contributed by atoms with E-state index in [1.807, 2.05) is 0 Å². The molecule has 8 rings (SSSR count). The number of halogens is 2. The van der Waals surface area contributed by atoms with Crippen LogP contribution >= 0.6 is 0 Å². The molecule has 0 aromatic heterocycles. The second-order valence-electron chi connectivity index (χ2n) is 15.6. The number of hydrogen-bond acceptors (Lipinski definition) is 0. The Hall–Kier alpha value is -3.52. The van der Waals surface area contributed by atoms with Crippen LogP contribution in [-0.4, -0.2) is 5.43 Å². The van der Waals surface area contributed by atoms with E-state index >= 15 is 0 Å². The number of hydrogen-bond donors (Lipinski definition) is 0. The Kier molecular flexibility index (Phi) is 14.5. The average molecular weight is 827 g/mol. The van der Waals surface area contributed by atoms with Crippen LogP contribution in [0.2, 0.25) is 0 Å². The predicted octanol–water partition coefficient (Wildman–Crippen LogP) is 6.19. The van der Waals surface area contributed by atoms with E-state index in [9.17, 15) is 0 Å². The van der Waals surface area contributed by atoms with Crippen molar-refractivity contribution in [2.75, 3.05) is 0 Å². The molecule has 0 amide bonds. The fraction of sp³-hybridized carbons (Fsp3) is 0.184. The first-order valence-electron chi connectivity index (χ1n) is 17.9. The van der Waals surface area contributed by atoms with Gasteiger partial charge in [0.15, 0.2) is 0 Å². The van der Waals surface area contributed by atoms with E-state index in [4.69, 9.17) is 0 Å². The third-order valence-corrected chi connectivity index (χ3v) is 15.6. The Balaban J connectivity index is 0.000000178. The molecule has 0 aliphatic carbocycles. The van der Waals surface area contributed by atoms with E-state index in [1.165, 1.54) is 70.5 Å². The van der Waals surface area contributed by atoms with Gasteiger partial charge in [-0.15, -0.1) is 74.3 Å². The van der Waals surface area contributed by atoms with Gasteiger partial charge in [0.25, 0.3) is 0 Å². The van der Waals surface area contributed by atoms with Gasteiger partial charge < -0.3 is 24.8 Å². The van der Waals surface area contributed by atoms with Crippen LogP contribution in [0.3, 0.4) is 0 Å². The van der Waals surface area contributed by atoms with E-state index in [2.05, 4.69) is 212 Å². The van der Waals surface area contributed by atoms with Crippen molar-refractivity contribution in [3.8, 4) is 11.1 Å². The molecule has 0 saturated heterocycles. The second kappa shape index (κ2) is 18.2. The number of fused-ring (bicyclic) bond motifs is 4. The zero-order valence-corrected chi connectivity index (χ0v) is 36.8. The van der Waals surface area contributed by atoms with Gasteiger partial charge in [-0.3, -0.25) is 0 Å². The van der Waals surface area contributed by atoms with Gasteiger partial charge in [0.1, 0.15) is 0 Å². The van der Waals surface area contributed by atoms with Crippen LogP contribution in [0.15, 0.2) is 164 Å². The molecular weight excluding hydrogens is 779 g/mol. The summed E-state index contributed by atoms with van der Waals surface area (Å²) in [5.41, 5.74) is 6.71. The third-order valence-electron chi connectivity index (χ3n) is 9.54. The minimum absolute atomic E-state index is 0. The Morgan fingerprint density at radius 1 is 0.453 bits per heavy atom. The maximum absolute atomic E-state index is 2.35. The third kappa shape index (κ3) is 10.4. The topological polar surface area (TPSA) is 0 Å². The van der Waals surface area contributed by atoms with E-state index in [0.717, 1.165) is 0 Å². The Labute approximate surface area is 344 Å². The molecule has 0 unspecified atom stereocenters. The van der Waals surface area contributed by atoms with Gasteiger partial charge in [-0.05, 0) is 16.4 Å². The van der Waals surface area contributed by atoms with Gasteiger partial charge in [-0.2, -0.15) is 6.07 Å². The Bertz CT molecular complexity index is 2280. The second-order valence-corrected chi connectivity index (χ2v) is 21.2. The predicted molar refractivity (Wildman–Crippen MR) is 222 cm³/mol. The molecule has 8 aromatic carbocycles. The zero-order chi connectivity index (χ0) is 36.2. The van der Waals surface area contributed by atoms with Crippen molar-refractivity contribution in [1.82, 2.24) is 0 Å². The molecule has 268 valence electrons. The van der Waals surface area contributed by atoms with Crippen molar-refractivity contribution in [1.29, 1.82) is 0 Å². The van der Waals surface area contributed by atoms with Crippen molar-refractivity contribution < 1.29 is 48.1 Å². The fourth-order valence-corrected chi connectivity index (χ4v) is 10.4. The molecule has 8 aromatic rings. The summed E-state index contributed by atoms with van der Waals surface area (Å²) in [5, 5.41) is 11.2. The number of aryl methyl sites for hydroxylation is 1. The molecule has 0 radical (unpaired) electrons. The molecule has 0 spiro atoms. The van der Waals surface area contributed by atoms with E-state index < -0.39 is 5.43 Å². The summed E-state index contributed by atoms with van der Waals surface area (Å²) < 4.78 is 0. The standard InChI is InChI=1S/C21H25.C16H13.C12H10Si.2ClH.Zr/c1-20(2,3)16-7-9-18-14(12-16)11-15-13-17(21(4,5)6)8-10-19(15)18;1-12-10-14-8-5-9-15(16(14)11-12)13-6-3-2-4-7-13;1-3-7-11(8-4-1)13-12-9-5-2-6-10-12;;;/h7-13H,1-6H3;2-11H,1H3;1-10H;2*1H;/q2*-1;;;;+2/p-2. The summed E-state index contributed by atoms with van der Waals surface area (Å²) in [6.07, 6.45) is 0. The zero-order valence-electron chi connectivity index (χ0n) is 31.8. The van der Waals surface area contributed by atoms with Crippen molar-refractivity contribution in [2.45, 2.75) is 59.3 Å². The normalized spacial score (nSPS) is 11.1. The molecule has 0 saturated carbocycles. The molecule has 53 heavy (non-hydrogen) atoms. The summed E-state index contributed by atoms with van der Waals surface area (Å²) in [7, 11) is 0. The van der Waals surface area contributed by atoms with Gasteiger partial charge in [0.05, 0.1) is 0 Å². The van der Waals surface area contributed by atoms with Gasteiger partial charge >= 0.3 is 99.8 Å². The monoisotopic (exact) mass is 824 g/mol. The van der Waals surface area contributed by atoms with Crippen LogP contribution in [-0.2, 0) is 34.2 Å². The Morgan fingerprint density at radius 2 is 0.906 bits per heavy atom. The van der Waals surface area contributed by atoms with Crippen LogP contribution in [0.25, 0.3) is 43.4 Å². The number of benzene rings is 6. The summed E-state index contributed by atoms with van der Waals surface area (Å²) in [5.74, 6) is 0. The van der Waals surface area contributed by atoms with E-state index in [1.54, 1.807) is 23.3 Å². The van der Waals surface area contributed by atoms with Crippen LogP contribution in [0.4, 0.5) is 0 Å². The average Bonchev–Trinajstić information content (AvgIpc) is 3.71. The van der Waals surface area contributed by atoms with Crippen LogP contribution < -0.4 is 35.2 Å². The molecule has 0 bridgehead atoms. The molecule has 0 atom stereocenters. The van der Waals surface area contributed by atoms with Crippen molar-refractivity contribution in [3.05, 3.63) is 180 Å². The first-order chi connectivity index (χ1) is 24.4. The van der Waals surface area contributed by atoms with Crippen LogP contribution in [0.5, 0.6) is 0 Å². The number of rotatable bonds is 3. The molecule has 0 N–H and O–H groups in total. The summed E-state index contributed by atoms with van der Waals surface area (Å²) in [4.78, 5) is 0. The van der Waals surface area contributed by atoms with Gasteiger partial charge in [0.2, 0.25) is 0 Å². The van der Waals surface area contributed by atoms with Gasteiger partial charge in [-0.1, -0.05) is 126 Å². The molecular formula is C49H48Cl2SiZr-2. The van der Waals surface area contributed by atoms with Crippen LogP contribution in [0.1, 0.15) is 58.2 Å². The first kappa shape index (κ1) is 42.2. The summed E-state index contributed by atoms with van der Waals surface area (Å²) in [6, 6.07) is 59.4. The minimum atomic E-state index is -0.455. The molecule has 4 heteroatoms. The molecule has 0 heterocycles. The van der Waals surface area contributed by atoms with Crippen LogP contribution in [0, 0.1) is 6.92 Å². The molecule has 0 fully saturated rings. The van der Waals surface area contributed by atoms with Gasteiger partial charge in [-0.25, -0.2) is 0 Å². The quantitative estimate of drug-likeness (QED) is 0.148. The van der Waals surface area contributed by atoms with E-state index in [0.29, 0.717) is 0 Å².